The summed E-state index contributed by atoms with van der Waals surface area (Å²) in [6, 6.07) is 12.7. The molecule has 0 saturated heterocycles. The number of rotatable bonds is 4. The Kier molecular flexibility index (Phi) is 4.20. The fourth-order valence-corrected chi connectivity index (χ4v) is 3.09. The number of sulfonamides is 1. The standard InChI is InChI=1S/C15H16FNO2S/c1-11-8-9-14(10-15(11)16)20(18,19)17-12(2)13-6-4-3-5-7-13/h3-10,12,17H,1-2H3. The summed E-state index contributed by atoms with van der Waals surface area (Å²) in [6.45, 7) is 3.34. The highest BCUT2D eigenvalue weighted by Gasteiger charge is 2.19. The Labute approximate surface area is 118 Å². The first-order valence-corrected chi connectivity index (χ1v) is 7.72. The molecular weight excluding hydrogens is 277 g/mol. The second kappa shape index (κ2) is 5.73. The van der Waals surface area contributed by atoms with Gasteiger partial charge in [-0.2, -0.15) is 0 Å². The number of nitrogens with one attached hydrogen (secondary N) is 1. The van der Waals surface area contributed by atoms with E-state index in [2.05, 4.69) is 4.72 Å². The van der Waals surface area contributed by atoms with E-state index in [1.807, 2.05) is 30.3 Å². The highest BCUT2D eigenvalue weighted by Crippen LogP contribution is 2.18. The first kappa shape index (κ1) is 14.7. The van der Waals surface area contributed by atoms with Crippen molar-refractivity contribution in [3.05, 3.63) is 65.5 Å². The fraction of sp³-hybridized carbons (Fsp3) is 0.200. The molecule has 0 aliphatic carbocycles. The maximum atomic E-state index is 13.5. The number of halogens is 1. The largest absolute Gasteiger partial charge is 0.241 e. The van der Waals surface area contributed by atoms with Gasteiger partial charge in [-0.3, -0.25) is 0 Å². The molecule has 0 amide bonds. The lowest BCUT2D eigenvalue weighted by molar-refractivity contribution is 0.563. The molecule has 0 aliphatic rings. The minimum atomic E-state index is -3.74. The van der Waals surface area contributed by atoms with Crippen LogP contribution in [0, 0.1) is 12.7 Å². The van der Waals surface area contributed by atoms with Crippen LogP contribution in [0.5, 0.6) is 0 Å². The molecular formula is C15H16FNO2S. The molecule has 0 spiro atoms. The Morgan fingerprint density at radius 1 is 1.10 bits per heavy atom. The van der Waals surface area contributed by atoms with Crippen LogP contribution in [0.3, 0.4) is 0 Å². The molecule has 3 nitrogen and oxygen atoms in total. The zero-order valence-corrected chi connectivity index (χ0v) is 12.1. The molecule has 2 rings (SSSR count). The monoisotopic (exact) mass is 293 g/mol. The highest BCUT2D eigenvalue weighted by atomic mass is 32.2. The Hall–Kier alpha value is -1.72. The van der Waals surface area contributed by atoms with E-state index in [-0.39, 0.29) is 10.9 Å². The van der Waals surface area contributed by atoms with E-state index in [4.69, 9.17) is 0 Å². The molecule has 0 heterocycles. The van der Waals surface area contributed by atoms with Crippen LogP contribution in [0.2, 0.25) is 0 Å². The molecule has 1 atom stereocenters. The minimum absolute atomic E-state index is 0.0663. The van der Waals surface area contributed by atoms with Gasteiger partial charge in [0.1, 0.15) is 5.82 Å². The van der Waals surface area contributed by atoms with Crippen molar-refractivity contribution in [2.45, 2.75) is 24.8 Å². The molecule has 106 valence electrons. The molecule has 1 N–H and O–H groups in total. The van der Waals surface area contributed by atoms with Gasteiger partial charge in [-0.1, -0.05) is 36.4 Å². The van der Waals surface area contributed by atoms with Crippen molar-refractivity contribution < 1.29 is 12.8 Å². The molecule has 2 aromatic rings. The zero-order chi connectivity index (χ0) is 14.8. The van der Waals surface area contributed by atoms with Crippen molar-refractivity contribution >= 4 is 10.0 Å². The predicted molar refractivity (Wildman–Crippen MR) is 76.3 cm³/mol. The molecule has 20 heavy (non-hydrogen) atoms. The van der Waals surface area contributed by atoms with Crippen molar-refractivity contribution in [3.8, 4) is 0 Å². The van der Waals surface area contributed by atoms with Crippen molar-refractivity contribution in [3.63, 3.8) is 0 Å². The Bertz CT molecular complexity index is 699. The summed E-state index contributed by atoms with van der Waals surface area (Å²) in [5.41, 5.74) is 1.27. The normalized spacial score (nSPS) is 13.2. The fourth-order valence-electron chi connectivity index (χ4n) is 1.85. The van der Waals surface area contributed by atoms with Crippen LogP contribution in [-0.2, 0) is 10.0 Å². The van der Waals surface area contributed by atoms with E-state index >= 15 is 0 Å². The maximum Gasteiger partial charge on any atom is 0.241 e. The van der Waals surface area contributed by atoms with Gasteiger partial charge in [-0.15, -0.1) is 0 Å². The van der Waals surface area contributed by atoms with Crippen LogP contribution in [0.25, 0.3) is 0 Å². The quantitative estimate of drug-likeness (QED) is 0.941. The zero-order valence-electron chi connectivity index (χ0n) is 11.3. The van der Waals surface area contributed by atoms with Gasteiger partial charge in [0.2, 0.25) is 10.0 Å². The summed E-state index contributed by atoms with van der Waals surface area (Å²) < 4.78 is 40.4. The summed E-state index contributed by atoms with van der Waals surface area (Å²) in [6.07, 6.45) is 0. The van der Waals surface area contributed by atoms with E-state index in [1.54, 1.807) is 13.8 Å². The van der Waals surface area contributed by atoms with E-state index in [0.717, 1.165) is 11.6 Å². The van der Waals surface area contributed by atoms with Crippen LogP contribution < -0.4 is 4.72 Å². The first-order chi connectivity index (χ1) is 9.40. The molecule has 0 bridgehead atoms. The van der Waals surface area contributed by atoms with Crippen LogP contribution in [0.4, 0.5) is 4.39 Å². The molecule has 5 heteroatoms. The van der Waals surface area contributed by atoms with Crippen LogP contribution >= 0.6 is 0 Å². The summed E-state index contributed by atoms with van der Waals surface area (Å²) >= 11 is 0. The smallest absolute Gasteiger partial charge is 0.207 e. The lowest BCUT2D eigenvalue weighted by atomic mass is 10.1. The average molecular weight is 293 g/mol. The van der Waals surface area contributed by atoms with E-state index in [9.17, 15) is 12.8 Å². The SMILES string of the molecule is Cc1ccc(S(=O)(=O)NC(C)c2ccccc2)cc1F. The highest BCUT2D eigenvalue weighted by molar-refractivity contribution is 7.89. The number of hydrogen-bond acceptors (Lipinski definition) is 2. The van der Waals surface area contributed by atoms with Crippen LogP contribution in [0.1, 0.15) is 24.1 Å². The third-order valence-electron chi connectivity index (χ3n) is 3.09. The van der Waals surface area contributed by atoms with Gasteiger partial charge < -0.3 is 0 Å². The summed E-state index contributed by atoms with van der Waals surface area (Å²) in [7, 11) is -3.74. The van der Waals surface area contributed by atoms with Gasteiger partial charge in [0.25, 0.3) is 0 Å². The summed E-state index contributed by atoms with van der Waals surface area (Å²) in [5.74, 6) is -0.528. The van der Waals surface area contributed by atoms with Crippen molar-refractivity contribution in [2.75, 3.05) is 0 Å². The Morgan fingerprint density at radius 2 is 1.75 bits per heavy atom. The van der Waals surface area contributed by atoms with Crippen LogP contribution in [0.15, 0.2) is 53.4 Å². The first-order valence-electron chi connectivity index (χ1n) is 6.23. The molecule has 0 fully saturated rings. The second-order valence-electron chi connectivity index (χ2n) is 4.66. The Morgan fingerprint density at radius 3 is 2.35 bits per heavy atom. The molecule has 0 radical (unpaired) electrons. The third-order valence-corrected chi connectivity index (χ3v) is 4.62. The molecule has 0 aromatic heterocycles. The van der Waals surface area contributed by atoms with E-state index in [1.165, 1.54) is 12.1 Å². The second-order valence-corrected chi connectivity index (χ2v) is 6.38. The topological polar surface area (TPSA) is 46.2 Å². The summed E-state index contributed by atoms with van der Waals surface area (Å²) in [5, 5.41) is 0. The van der Waals surface area contributed by atoms with E-state index < -0.39 is 15.8 Å². The number of benzene rings is 2. The van der Waals surface area contributed by atoms with Crippen LogP contribution in [-0.4, -0.2) is 8.42 Å². The van der Waals surface area contributed by atoms with Crippen molar-refractivity contribution in [2.24, 2.45) is 0 Å². The van der Waals surface area contributed by atoms with Gasteiger partial charge in [0.05, 0.1) is 4.90 Å². The predicted octanol–water partition coefficient (Wildman–Crippen LogP) is 3.17. The lowest BCUT2D eigenvalue weighted by Crippen LogP contribution is -2.27. The van der Waals surface area contributed by atoms with Crippen molar-refractivity contribution in [1.82, 2.24) is 4.72 Å². The van der Waals surface area contributed by atoms with Gasteiger partial charge >= 0.3 is 0 Å². The number of hydrogen-bond donors (Lipinski definition) is 1. The molecule has 0 aliphatic heterocycles. The maximum absolute atomic E-state index is 13.5. The van der Waals surface area contributed by atoms with Gasteiger partial charge in [-0.25, -0.2) is 17.5 Å². The molecule has 0 saturated carbocycles. The number of aryl methyl sites for hydroxylation is 1. The minimum Gasteiger partial charge on any atom is -0.207 e. The Balaban J connectivity index is 2.25. The van der Waals surface area contributed by atoms with Gasteiger partial charge in [-0.05, 0) is 37.1 Å². The lowest BCUT2D eigenvalue weighted by Gasteiger charge is -2.15. The molecule has 1 unspecified atom stereocenters. The van der Waals surface area contributed by atoms with Gasteiger partial charge in [0.15, 0.2) is 0 Å². The van der Waals surface area contributed by atoms with E-state index in [0.29, 0.717) is 5.56 Å². The van der Waals surface area contributed by atoms with Crippen molar-refractivity contribution in [1.29, 1.82) is 0 Å². The third kappa shape index (κ3) is 3.23. The average Bonchev–Trinajstić information content (AvgIpc) is 2.42. The molecule has 2 aromatic carbocycles. The van der Waals surface area contributed by atoms with Gasteiger partial charge in [0, 0.05) is 6.04 Å². The summed E-state index contributed by atoms with van der Waals surface area (Å²) in [4.78, 5) is -0.0663.